The Morgan fingerprint density at radius 3 is 2.29 bits per heavy atom. The fraction of sp³-hybridized carbons (Fsp3) is 0.500. The van der Waals surface area contributed by atoms with Gasteiger partial charge in [0.25, 0.3) is 0 Å². The summed E-state index contributed by atoms with van der Waals surface area (Å²) in [5.74, 6) is 0.499. The van der Waals surface area contributed by atoms with Gasteiger partial charge < -0.3 is 20.3 Å². The summed E-state index contributed by atoms with van der Waals surface area (Å²) in [6, 6.07) is 11.8. The van der Waals surface area contributed by atoms with Crippen LogP contribution in [0.1, 0.15) is 32.3 Å². The van der Waals surface area contributed by atoms with Gasteiger partial charge in [0.2, 0.25) is 11.8 Å². The van der Waals surface area contributed by atoms with E-state index in [1.165, 1.54) is 0 Å². The summed E-state index contributed by atoms with van der Waals surface area (Å²) in [6.07, 6.45) is 3.62. The lowest BCUT2D eigenvalue weighted by atomic mass is 9.96. The highest BCUT2D eigenvalue weighted by molar-refractivity contribution is 5.93. The van der Waals surface area contributed by atoms with E-state index in [2.05, 4.69) is 39.3 Å². The number of piperidine rings is 1. The Hall–Kier alpha value is -2.97. The molecule has 34 heavy (non-hydrogen) atoms. The number of rotatable bonds is 6. The zero-order valence-electron chi connectivity index (χ0n) is 20.3. The van der Waals surface area contributed by atoms with Crippen molar-refractivity contribution in [3.63, 3.8) is 0 Å². The van der Waals surface area contributed by atoms with Gasteiger partial charge in [0.05, 0.1) is 18.8 Å². The second-order valence-corrected chi connectivity index (χ2v) is 9.52. The van der Waals surface area contributed by atoms with Crippen molar-refractivity contribution in [1.29, 1.82) is 0 Å². The summed E-state index contributed by atoms with van der Waals surface area (Å²) in [6.45, 7) is 9.65. The molecule has 0 saturated carbocycles. The summed E-state index contributed by atoms with van der Waals surface area (Å²) < 4.78 is 5.81. The fourth-order valence-electron chi connectivity index (χ4n) is 4.67. The number of nitrogens with zero attached hydrogens (tertiary/aromatic N) is 3. The number of nitrogens with one attached hydrogen (secondary N) is 2. The molecule has 0 spiro atoms. The quantitative estimate of drug-likeness (QED) is 0.681. The number of likely N-dealkylation sites (tertiary alicyclic amines) is 1. The lowest BCUT2D eigenvalue weighted by Gasteiger charge is -2.36. The molecule has 2 saturated heterocycles. The average Bonchev–Trinajstić information content (AvgIpc) is 2.81. The zero-order valence-corrected chi connectivity index (χ0v) is 20.3. The molecular formula is C26H35N5O3. The number of carbonyl (C=O) groups is 2. The highest BCUT2D eigenvalue weighted by atomic mass is 16.5. The monoisotopic (exact) mass is 465 g/mol. The molecule has 0 bridgehead atoms. The molecule has 2 fully saturated rings. The van der Waals surface area contributed by atoms with Gasteiger partial charge in [-0.05, 0) is 82.6 Å². The molecule has 0 aliphatic carbocycles. The summed E-state index contributed by atoms with van der Waals surface area (Å²) in [5.41, 5.74) is 2.99. The third-order valence-corrected chi connectivity index (χ3v) is 6.42. The molecule has 2 N–H and O–H groups in total. The van der Waals surface area contributed by atoms with Gasteiger partial charge in [0.1, 0.15) is 5.82 Å². The molecule has 8 heteroatoms. The van der Waals surface area contributed by atoms with Crippen LogP contribution in [-0.2, 0) is 14.3 Å². The van der Waals surface area contributed by atoms with Gasteiger partial charge in [-0.2, -0.15) is 0 Å². The van der Waals surface area contributed by atoms with Gasteiger partial charge in [0.15, 0.2) is 0 Å². The van der Waals surface area contributed by atoms with E-state index < -0.39 is 0 Å². The molecule has 2 aliphatic heterocycles. The van der Waals surface area contributed by atoms with Crippen LogP contribution in [0, 0.1) is 12.8 Å². The van der Waals surface area contributed by atoms with Crippen molar-refractivity contribution >= 4 is 29.0 Å². The first kappa shape index (κ1) is 24.2. The molecule has 2 aromatic rings. The first-order valence-electron chi connectivity index (χ1n) is 12.1. The molecule has 182 valence electrons. The molecule has 4 rings (SSSR count). The predicted octanol–water partition coefficient (Wildman–Crippen LogP) is 3.29. The summed E-state index contributed by atoms with van der Waals surface area (Å²) in [4.78, 5) is 33.8. The molecule has 1 aromatic carbocycles. The summed E-state index contributed by atoms with van der Waals surface area (Å²) in [5, 5.41) is 5.90. The molecule has 0 radical (unpaired) electrons. The van der Waals surface area contributed by atoms with Crippen LogP contribution in [0.5, 0.6) is 0 Å². The van der Waals surface area contributed by atoms with E-state index in [4.69, 9.17) is 4.74 Å². The largest absolute Gasteiger partial charge is 0.372 e. The number of carbonyl (C=O) groups excluding carboxylic acids is 2. The Balaban J connectivity index is 1.20. The van der Waals surface area contributed by atoms with E-state index in [0.29, 0.717) is 12.4 Å². The fourth-order valence-corrected chi connectivity index (χ4v) is 4.67. The van der Waals surface area contributed by atoms with Crippen LogP contribution in [0.25, 0.3) is 0 Å². The maximum Gasteiger partial charge on any atom is 0.238 e. The number of anilines is 3. The number of hydrogen-bond acceptors (Lipinski definition) is 6. The second-order valence-electron chi connectivity index (χ2n) is 9.52. The van der Waals surface area contributed by atoms with Crippen molar-refractivity contribution in [1.82, 2.24) is 9.88 Å². The minimum Gasteiger partial charge on any atom is -0.372 e. The van der Waals surface area contributed by atoms with E-state index in [1.54, 1.807) is 6.20 Å². The number of ether oxygens (including phenoxy) is 1. The maximum atomic E-state index is 12.6. The number of pyridine rings is 1. The normalized spacial score (nSPS) is 21.8. The number of hydrogen-bond donors (Lipinski definition) is 2. The highest BCUT2D eigenvalue weighted by Crippen LogP contribution is 2.23. The minimum absolute atomic E-state index is 0.00426. The standard InChI is InChI=1S/C26H35N5O3/c1-18-4-9-24(27-14-18)29-26(33)21-10-12-30(13-11-21)17-25(32)28-22-5-7-23(8-6-22)31-15-19(2)34-20(3)16-31/h4-9,14,19-21H,10-13,15-17H2,1-3H3,(H,28,32)(H,27,29,33). The van der Waals surface area contributed by atoms with Gasteiger partial charge in [0, 0.05) is 36.6 Å². The second kappa shape index (κ2) is 11.0. The number of aromatic nitrogens is 1. The molecule has 2 unspecified atom stereocenters. The number of morpholine rings is 1. The highest BCUT2D eigenvalue weighted by Gasteiger charge is 2.26. The topological polar surface area (TPSA) is 86.8 Å². The molecule has 1 aromatic heterocycles. The van der Waals surface area contributed by atoms with Crippen LogP contribution in [0.4, 0.5) is 17.2 Å². The molecule has 2 aliphatic rings. The first-order valence-corrected chi connectivity index (χ1v) is 12.1. The lowest BCUT2D eigenvalue weighted by molar-refractivity contribution is -0.121. The lowest BCUT2D eigenvalue weighted by Crippen LogP contribution is -2.45. The molecule has 3 heterocycles. The Morgan fingerprint density at radius 2 is 1.68 bits per heavy atom. The van der Waals surface area contributed by atoms with Crippen LogP contribution in [-0.4, -0.2) is 66.6 Å². The van der Waals surface area contributed by atoms with E-state index >= 15 is 0 Å². The molecular weight excluding hydrogens is 430 g/mol. The van der Waals surface area contributed by atoms with E-state index in [-0.39, 0.29) is 29.9 Å². The molecule has 2 atom stereocenters. The van der Waals surface area contributed by atoms with Crippen molar-refractivity contribution in [2.75, 3.05) is 48.3 Å². The third kappa shape index (κ3) is 6.55. The van der Waals surface area contributed by atoms with E-state index in [9.17, 15) is 9.59 Å². The number of benzene rings is 1. The van der Waals surface area contributed by atoms with Crippen molar-refractivity contribution < 1.29 is 14.3 Å². The van der Waals surface area contributed by atoms with Crippen molar-refractivity contribution in [3.05, 3.63) is 48.2 Å². The van der Waals surface area contributed by atoms with E-state index in [0.717, 1.165) is 56.0 Å². The Labute approximate surface area is 201 Å². The molecule has 8 nitrogen and oxygen atoms in total. The van der Waals surface area contributed by atoms with Crippen LogP contribution in [0.3, 0.4) is 0 Å². The smallest absolute Gasteiger partial charge is 0.238 e. The number of aryl methyl sites for hydroxylation is 1. The van der Waals surface area contributed by atoms with Gasteiger partial charge >= 0.3 is 0 Å². The van der Waals surface area contributed by atoms with Crippen LogP contribution >= 0.6 is 0 Å². The van der Waals surface area contributed by atoms with Crippen molar-refractivity contribution in [2.24, 2.45) is 5.92 Å². The summed E-state index contributed by atoms with van der Waals surface area (Å²) in [7, 11) is 0. The Kier molecular flexibility index (Phi) is 7.80. The van der Waals surface area contributed by atoms with Gasteiger partial charge in [-0.3, -0.25) is 14.5 Å². The van der Waals surface area contributed by atoms with Crippen LogP contribution in [0.2, 0.25) is 0 Å². The van der Waals surface area contributed by atoms with Gasteiger partial charge in [-0.1, -0.05) is 6.07 Å². The average molecular weight is 466 g/mol. The third-order valence-electron chi connectivity index (χ3n) is 6.42. The SMILES string of the molecule is Cc1ccc(NC(=O)C2CCN(CC(=O)Nc3ccc(N4CC(C)OC(C)C4)cc3)CC2)nc1. The van der Waals surface area contributed by atoms with Gasteiger partial charge in [-0.25, -0.2) is 4.98 Å². The van der Waals surface area contributed by atoms with Crippen molar-refractivity contribution in [2.45, 2.75) is 45.8 Å². The first-order chi connectivity index (χ1) is 16.4. The van der Waals surface area contributed by atoms with Gasteiger partial charge in [-0.15, -0.1) is 0 Å². The Morgan fingerprint density at radius 1 is 1.00 bits per heavy atom. The maximum absolute atomic E-state index is 12.6. The number of amides is 2. The van der Waals surface area contributed by atoms with Crippen molar-refractivity contribution in [3.8, 4) is 0 Å². The summed E-state index contributed by atoms with van der Waals surface area (Å²) >= 11 is 0. The zero-order chi connectivity index (χ0) is 24.1. The van der Waals surface area contributed by atoms with Crippen LogP contribution in [0.15, 0.2) is 42.6 Å². The van der Waals surface area contributed by atoms with E-state index in [1.807, 2.05) is 43.3 Å². The molecule has 2 amide bonds. The minimum atomic E-state index is -0.0550. The van der Waals surface area contributed by atoms with Crippen LogP contribution < -0.4 is 15.5 Å². The Bertz CT molecular complexity index is 961. The predicted molar refractivity (Wildman–Crippen MR) is 134 cm³/mol.